The molecule has 0 aliphatic carbocycles. The molecule has 20 heavy (non-hydrogen) atoms. The molecule has 0 radical (unpaired) electrons. The molecule has 110 valence electrons. The van der Waals surface area contributed by atoms with E-state index in [2.05, 4.69) is 11.8 Å². The van der Waals surface area contributed by atoms with E-state index in [1.807, 2.05) is 18.2 Å². The molecule has 4 N–H and O–H groups in total. The molecule has 5 heteroatoms. The Morgan fingerprint density at radius 3 is 2.80 bits per heavy atom. The zero-order chi connectivity index (χ0) is 14.7. The number of amides is 1. The van der Waals surface area contributed by atoms with Gasteiger partial charge in [-0.05, 0) is 37.0 Å². The van der Waals surface area contributed by atoms with Crippen LogP contribution in [0.3, 0.4) is 0 Å². The van der Waals surface area contributed by atoms with Gasteiger partial charge in [-0.15, -0.1) is 0 Å². The van der Waals surface area contributed by atoms with Crippen molar-refractivity contribution in [1.29, 1.82) is 0 Å². The van der Waals surface area contributed by atoms with Crippen LogP contribution >= 0.6 is 11.6 Å². The van der Waals surface area contributed by atoms with Gasteiger partial charge < -0.3 is 11.5 Å². The Morgan fingerprint density at radius 2 is 2.20 bits per heavy atom. The van der Waals surface area contributed by atoms with E-state index in [4.69, 9.17) is 23.1 Å². The van der Waals surface area contributed by atoms with E-state index in [1.165, 1.54) is 0 Å². The van der Waals surface area contributed by atoms with Gasteiger partial charge in [0.1, 0.15) is 0 Å². The van der Waals surface area contributed by atoms with Crippen LogP contribution < -0.4 is 11.5 Å². The number of rotatable bonds is 4. The lowest BCUT2D eigenvalue weighted by molar-refractivity contribution is -0.124. The Bertz CT molecular complexity index is 492. The number of carbonyl (C=O) groups is 1. The van der Waals surface area contributed by atoms with E-state index >= 15 is 0 Å². The van der Waals surface area contributed by atoms with Crippen molar-refractivity contribution in [3.63, 3.8) is 0 Å². The summed E-state index contributed by atoms with van der Waals surface area (Å²) in [5, 5.41) is 0.737. The number of halogens is 1. The number of nitrogens with zero attached hydrogens (tertiary/aromatic N) is 1. The molecular weight excluding hydrogens is 274 g/mol. The predicted molar refractivity (Wildman–Crippen MR) is 81.1 cm³/mol. The van der Waals surface area contributed by atoms with Gasteiger partial charge in [-0.2, -0.15) is 0 Å². The number of nitrogens with two attached hydrogens (primary N) is 2. The maximum atomic E-state index is 11.4. The molecule has 0 aromatic heterocycles. The first-order valence-corrected chi connectivity index (χ1v) is 7.39. The molecule has 1 aromatic carbocycles. The van der Waals surface area contributed by atoms with Gasteiger partial charge >= 0.3 is 0 Å². The van der Waals surface area contributed by atoms with Crippen LogP contribution in [-0.2, 0) is 17.9 Å². The second-order valence-corrected chi connectivity index (χ2v) is 5.99. The lowest BCUT2D eigenvalue weighted by Gasteiger charge is -2.37. The van der Waals surface area contributed by atoms with Gasteiger partial charge in [0.2, 0.25) is 5.91 Å². The molecule has 1 fully saturated rings. The van der Waals surface area contributed by atoms with Gasteiger partial charge in [-0.25, -0.2) is 0 Å². The van der Waals surface area contributed by atoms with Crippen molar-refractivity contribution in [2.45, 2.75) is 38.9 Å². The van der Waals surface area contributed by atoms with Crippen LogP contribution in [0.2, 0.25) is 5.02 Å². The minimum Gasteiger partial charge on any atom is -0.369 e. The summed E-state index contributed by atoms with van der Waals surface area (Å²) in [7, 11) is 0. The molecule has 4 nitrogen and oxygen atoms in total. The molecule has 0 saturated carbocycles. The van der Waals surface area contributed by atoms with Crippen LogP contribution in [0.4, 0.5) is 0 Å². The number of likely N-dealkylation sites (tertiary alicyclic amines) is 1. The second-order valence-electron chi connectivity index (χ2n) is 5.58. The Morgan fingerprint density at radius 1 is 1.45 bits per heavy atom. The minimum atomic E-state index is -0.202. The van der Waals surface area contributed by atoms with Gasteiger partial charge in [0.05, 0.1) is 5.92 Å². The Hall–Kier alpha value is -1.10. The van der Waals surface area contributed by atoms with Gasteiger partial charge in [-0.1, -0.05) is 23.7 Å². The van der Waals surface area contributed by atoms with Gasteiger partial charge in [0, 0.05) is 30.7 Å². The third kappa shape index (κ3) is 3.51. The fourth-order valence-corrected chi connectivity index (χ4v) is 2.96. The summed E-state index contributed by atoms with van der Waals surface area (Å²) in [6.07, 6.45) is 1.87. The van der Waals surface area contributed by atoms with Gasteiger partial charge in [-0.3, -0.25) is 9.69 Å². The maximum Gasteiger partial charge on any atom is 0.221 e. The van der Waals surface area contributed by atoms with Crippen molar-refractivity contribution in [2.75, 3.05) is 6.54 Å². The van der Waals surface area contributed by atoms with Crippen LogP contribution in [0, 0.1) is 5.92 Å². The molecule has 2 atom stereocenters. The number of piperidine rings is 1. The number of hydrogen-bond acceptors (Lipinski definition) is 3. The van der Waals surface area contributed by atoms with Crippen LogP contribution in [0.25, 0.3) is 0 Å². The Kier molecular flexibility index (Phi) is 5.02. The zero-order valence-corrected chi connectivity index (χ0v) is 12.6. The molecule has 2 unspecified atom stereocenters. The number of benzene rings is 1. The summed E-state index contributed by atoms with van der Waals surface area (Å²) in [6.45, 7) is 4.13. The van der Waals surface area contributed by atoms with Crippen LogP contribution in [0.5, 0.6) is 0 Å². The third-order valence-electron chi connectivity index (χ3n) is 4.14. The van der Waals surface area contributed by atoms with E-state index in [0.29, 0.717) is 19.1 Å². The summed E-state index contributed by atoms with van der Waals surface area (Å²) in [5.74, 6) is -0.250. The fourth-order valence-electron chi connectivity index (χ4n) is 2.70. The summed E-state index contributed by atoms with van der Waals surface area (Å²) < 4.78 is 0. The molecule has 2 rings (SSSR count). The molecule has 0 bridgehead atoms. The van der Waals surface area contributed by atoms with Crippen LogP contribution in [0.15, 0.2) is 18.2 Å². The van der Waals surface area contributed by atoms with E-state index in [9.17, 15) is 4.79 Å². The average Bonchev–Trinajstić information content (AvgIpc) is 2.42. The summed E-state index contributed by atoms with van der Waals surface area (Å²) in [5.41, 5.74) is 13.1. The number of primary amides is 1. The largest absolute Gasteiger partial charge is 0.369 e. The van der Waals surface area contributed by atoms with Crippen molar-refractivity contribution in [3.8, 4) is 0 Å². The highest BCUT2D eigenvalue weighted by molar-refractivity contribution is 6.31. The highest BCUT2D eigenvalue weighted by Crippen LogP contribution is 2.26. The first kappa shape index (κ1) is 15.3. The SMILES string of the molecule is CC1CCC(C(N)=O)CN1Cc1ccc(CN)cc1Cl. The minimum absolute atomic E-state index is 0.0479. The van der Waals surface area contributed by atoms with Crippen molar-refractivity contribution in [1.82, 2.24) is 4.90 Å². The quantitative estimate of drug-likeness (QED) is 0.891. The van der Waals surface area contributed by atoms with Crippen LogP contribution in [0.1, 0.15) is 30.9 Å². The highest BCUT2D eigenvalue weighted by Gasteiger charge is 2.28. The standard InChI is InChI=1S/C15H22ClN3O/c1-10-2-4-13(15(18)20)9-19(10)8-12-5-3-11(7-17)6-14(12)16/h3,5-6,10,13H,2,4,7-9,17H2,1H3,(H2,18,20). The molecule has 1 heterocycles. The van der Waals surface area contributed by atoms with E-state index < -0.39 is 0 Å². The Labute approximate surface area is 125 Å². The molecule has 1 aliphatic heterocycles. The molecule has 1 aliphatic rings. The zero-order valence-electron chi connectivity index (χ0n) is 11.8. The van der Waals surface area contributed by atoms with E-state index in [0.717, 1.165) is 35.5 Å². The summed E-state index contributed by atoms with van der Waals surface area (Å²) >= 11 is 6.30. The van der Waals surface area contributed by atoms with E-state index in [-0.39, 0.29) is 11.8 Å². The summed E-state index contributed by atoms with van der Waals surface area (Å²) in [4.78, 5) is 13.6. The summed E-state index contributed by atoms with van der Waals surface area (Å²) in [6, 6.07) is 6.37. The Balaban J connectivity index is 2.09. The fraction of sp³-hybridized carbons (Fsp3) is 0.533. The topological polar surface area (TPSA) is 72.4 Å². The molecule has 0 spiro atoms. The molecular formula is C15H22ClN3O. The number of carbonyl (C=O) groups excluding carboxylic acids is 1. The maximum absolute atomic E-state index is 11.4. The monoisotopic (exact) mass is 295 g/mol. The predicted octanol–water partition coefficient (Wildman–Crippen LogP) is 1.88. The number of hydrogen-bond donors (Lipinski definition) is 2. The molecule has 1 aromatic rings. The van der Waals surface area contributed by atoms with Crippen molar-refractivity contribution in [3.05, 3.63) is 34.3 Å². The second kappa shape index (κ2) is 6.57. The molecule has 1 amide bonds. The lowest BCUT2D eigenvalue weighted by Crippen LogP contribution is -2.45. The first-order chi connectivity index (χ1) is 9.51. The highest BCUT2D eigenvalue weighted by atomic mass is 35.5. The van der Waals surface area contributed by atoms with Crippen molar-refractivity contribution < 1.29 is 4.79 Å². The van der Waals surface area contributed by atoms with Gasteiger partial charge in [0.15, 0.2) is 0 Å². The first-order valence-electron chi connectivity index (χ1n) is 7.02. The average molecular weight is 296 g/mol. The lowest BCUT2D eigenvalue weighted by atomic mass is 9.92. The smallest absolute Gasteiger partial charge is 0.221 e. The van der Waals surface area contributed by atoms with Crippen molar-refractivity contribution in [2.24, 2.45) is 17.4 Å². The third-order valence-corrected chi connectivity index (χ3v) is 4.49. The normalized spacial score (nSPS) is 23.8. The van der Waals surface area contributed by atoms with Gasteiger partial charge in [0.25, 0.3) is 0 Å². The van der Waals surface area contributed by atoms with E-state index in [1.54, 1.807) is 0 Å². The van der Waals surface area contributed by atoms with Crippen molar-refractivity contribution >= 4 is 17.5 Å². The van der Waals surface area contributed by atoms with Crippen LogP contribution in [-0.4, -0.2) is 23.4 Å². The molecule has 1 saturated heterocycles.